The van der Waals surface area contributed by atoms with Gasteiger partial charge in [-0.25, -0.2) is 4.98 Å². The molecule has 0 aliphatic carbocycles. The largest absolute Gasteiger partial charge is 0.421 e. The van der Waals surface area contributed by atoms with E-state index in [1.165, 1.54) is 13.1 Å². The Morgan fingerprint density at radius 2 is 2.11 bits per heavy atom. The number of nitrogens with one attached hydrogen (secondary N) is 2. The Morgan fingerprint density at radius 1 is 1.47 bits per heavy atom. The number of halogens is 4. The van der Waals surface area contributed by atoms with E-state index in [2.05, 4.69) is 27.2 Å². The van der Waals surface area contributed by atoms with Crippen LogP contribution in [0.2, 0.25) is 0 Å². The molecular weight excluding hydrogens is 281 g/mol. The summed E-state index contributed by atoms with van der Waals surface area (Å²) in [6.07, 6.45) is -2.26. The highest BCUT2D eigenvalue weighted by molar-refractivity contribution is 6.22. The zero-order chi connectivity index (χ0) is 14.6. The molecule has 19 heavy (non-hydrogen) atoms. The predicted molar refractivity (Wildman–Crippen MR) is 69.5 cm³/mol. The lowest BCUT2D eigenvalue weighted by Crippen LogP contribution is -2.26. The van der Waals surface area contributed by atoms with E-state index >= 15 is 0 Å². The number of hydrogen-bond acceptors (Lipinski definition) is 4. The number of nitrogens with zero attached hydrogens (tertiary/aromatic N) is 2. The molecule has 0 aromatic carbocycles. The number of aromatic nitrogens is 2. The summed E-state index contributed by atoms with van der Waals surface area (Å²) in [6.45, 7) is 5.28. The van der Waals surface area contributed by atoms with E-state index in [1.54, 1.807) is 6.92 Å². The molecule has 4 nitrogen and oxygen atoms in total. The first-order valence-electron chi connectivity index (χ1n) is 5.44. The van der Waals surface area contributed by atoms with E-state index in [0.717, 1.165) is 6.20 Å². The van der Waals surface area contributed by atoms with Crippen LogP contribution in [0.5, 0.6) is 0 Å². The van der Waals surface area contributed by atoms with E-state index in [0.29, 0.717) is 0 Å². The van der Waals surface area contributed by atoms with Gasteiger partial charge in [-0.05, 0) is 6.92 Å². The molecule has 1 heterocycles. The van der Waals surface area contributed by atoms with Crippen LogP contribution in [0.1, 0.15) is 12.5 Å². The molecule has 8 heteroatoms. The lowest BCUT2D eigenvalue weighted by molar-refractivity contribution is -0.137. The normalized spacial score (nSPS) is 14.6. The molecule has 2 unspecified atom stereocenters. The van der Waals surface area contributed by atoms with E-state index in [-0.39, 0.29) is 23.2 Å². The van der Waals surface area contributed by atoms with Crippen molar-refractivity contribution in [1.82, 2.24) is 9.97 Å². The van der Waals surface area contributed by atoms with Gasteiger partial charge in [0.05, 0.1) is 5.38 Å². The van der Waals surface area contributed by atoms with Crippen molar-refractivity contribution in [3.8, 4) is 0 Å². The van der Waals surface area contributed by atoms with Gasteiger partial charge in [0.2, 0.25) is 5.95 Å². The zero-order valence-corrected chi connectivity index (χ0v) is 11.2. The molecule has 0 saturated carbocycles. The van der Waals surface area contributed by atoms with Crippen LogP contribution in [-0.2, 0) is 6.18 Å². The Kier molecular flexibility index (Phi) is 4.99. The highest BCUT2D eigenvalue weighted by Gasteiger charge is 2.35. The summed E-state index contributed by atoms with van der Waals surface area (Å²) in [6, 6.07) is -0.263. The minimum absolute atomic E-state index is 0.0670. The fourth-order valence-corrected chi connectivity index (χ4v) is 1.40. The van der Waals surface area contributed by atoms with Gasteiger partial charge in [-0.3, -0.25) is 0 Å². The Balaban J connectivity index is 2.98. The molecule has 0 radical (unpaired) electrons. The molecule has 0 aliphatic rings. The van der Waals surface area contributed by atoms with Gasteiger partial charge < -0.3 is 10.6 Å². The van der Waals surface area contributed by atoms with Gasteiger partial charge >= 0.3 is 6.18 Å². The van der Waals surface area contributed by atoms with Gasteiger partial charge in [-0.2, -0.15) is 18.2 Å². The third-order valence-corrected chi connectivity index (χ3v) is 2.95. The molecule has 2 atom stereocenters. The van der Waals surface area contributed by atoms with Gasteiger partial charge in [0.15, 0.2) is 0 Å². The number of hydrogen-bond donors (Lipinski definition) is 2. The molecule has 1 aromatic rings. The summed E-state index contributed by atoms with van der Waals surface area (Å²) in [7, 11) is 1.36. The standard InChI is InChI=1S/C11H14ClF3N4/c1-4-8(12)6(2)18-10-17-5-7(11(13,14)15)9(16-3)19-10/h4-6,8H,1H2,2-3H3,(H2,16,17,18,19). The van der Waals surface area contributed by atoms with Gasteiger partial charge in [0.25, 0.3) is 0 Å². The first-order valence-corrected chi connectivity index (χ1v) is 5.88. The van der Waals surface area contributed by atoms with Crippen LogP contribution >= 0.6 is 11.6 Å². The molecule has 2 N–H and O–H groups in total. The zero-order valence-electron chi connectivity index (χ0n) is 10.4. The summed E-state index contributed by atoms with van der Waals surface area (Å²) < 4.78 is 37.9. The number of anilines is 2. The maximum absolute atomic E-state index is 12.6. The van der Waals surface area contributed by atoms with Crippen molar-refractivity contribution < 1.29 is 13.2 Å². The van der Waals surface area contributed by atoms with Crippen molar-refractivity contribution >= 4 is 23.4 Å². The summed E-state index contributed by atoms with van der Waals surface area (Å²) >= 11 is 5.91. The lowest BCUT2D eigenvalue weighted by atomic mass is 10.2. The maximum atomic E-state index is 12.6. The van der Waals surface area contributed by atoms with Gasteiger partial charge in [0.1, 0.15) is 11.4 Å². The Labute approximate surface area is 114 Å². The Hall–Kier alpha value is -1.50. The summed E-state index contributed by atoms with van der Waals surface area (Å²) in [5.74, 6) is -0.223. The van der Waals surface area contributed by atoms with Crippen LogP contribution in [0.4, 0.5) is 24.9 Å². The quantitative estimate of drug-likeness (QED) is 0.647. The SMILES string of the molecule is C=CC(Cl)C(C)Nc1ncc(C(F)(F)F)c(NC)n1. The molecule has 0 fully saturated rings. The Bertz CT molecular complexity index is 450. The third-order valence-electron chi connectivity index (χ3n) is 2.39. The van der Waals surface area contributed by atoms with Gasteiger partial charge in [0, 0.05) is 19.3 Å². The maximum Gasteiger partial charge on any atom is 0.421 e. The molecule has 0 saturated heterocycles. The molecule has 1 aromatic heterocycles. The van der Waals surface area contributed by atoms with Crippen LogP contribution in [0, 0.1) is 0 Å². The number of alkyl halides is 4. The Morgan fingerprint density at radius 3 is 2.58 bits per heavy atom. The van der Waals surface area contributed by atoms with Crippen molar-refractivity contribution in [2.24, 2.45) is 0 Å². The van der Waals surface area contributed by atoms with E-state index in [1.807, 2.05) is 0 Å². The lowest BCUT2D eigenvalue weighted by Gasteiger charge is -2.18. The monoisotopic (exact) mass is 294 g/mol. The van der Waals surface area contributed by atoms with Crippen molar-refractivity contribution in [3.63, 3.8) is 0 Å². The molecule has 0 aliphatic heterocycles. The van der Waals surface area contributed by atoms with Crippen molar-refractivity contribution in [3.05, 3.63) is 24.4 Å². The molecule has 0 spiro atoms. The summed E-state index contributed by atoms with van der Waals surface area (Å²) in [4.78, 5) is 7.40. The molecule has 1 rings (SSSR count). The topological polar surface area (TPSA) is 49.8 Å². The first kappa shape index (κ1) is 15.6. The van der Waals surface area contributed by atoms with Crippen molar-refractivity contribution in [2.75, 3.05) is 17.7 Å². The van der Waals surface area contributed by atoms with E-state index in [9.17, 15) is 13.2 Å². The molecular formula is C11H14ClF3N4. The second kappa shape index (κ2) is 6.10. The minimum Gasteiger partial charge on any atom is -0.372 e. The third kappa shape index (κ3) is 3.99. The first-order chi connectivity index (χ1) is 8.79. The fourth-order valence-electron chi connectivity index (χ4n) is 1.34. The van der Waals surface area contributed by atoms with Crippen LogP contribution < -0.4 is 10.6 Å². The second-order valence-electron chi connectivity index (χ2n) is 3.82. The highest BCUT2D eigenvalue weighted by atomic mass is 35.5. The van der Waals surface area contributed by atoms with Gasteiger partial charge in [-0.15, -0.1) is 18.2 Å². The average Bonchev–Trinajstić information content (AvgIpc) is 2.36. The van der Waals surface area contributed by atoms with Crippen molar-refractivity contribution in [2.45, 2.75) is 24.5 Å². The van der Waals surface area contributed by atoms with E-state index < -0.39 is 11.7 Å². The van der Waals surface area contributed by atoms with Crippen LogP contribution in [0.15, 0.2) is 18.9 Å². The number of rotatable bonds is 5. The fraction of sp³-hybridized carbons (Fsp3) is 0.455. The van der Waals surface area contributed by atoms with E-state index in [4.69, 9.17) is 11.6 Å². The van der Waals surface area contributed by atoms with Gasteiger partial charge in [-0.1, -0.05) is 6.08 Å². The predicted octanol–water partition coefficient (Wildman–Crippen LogP) is 3.13. The highest BCUT2D eigenvalue weighted by Crippen LogP contribution is 2.33. The molecule has 0 amide bonds. The van der Waals surface area contributed by atoms with Crippen LogP contribution in [-0.4, -0.2) is 28.4 Å². The summed E-state index contributed by atoms with van der Waals surface area (Å²) in [5, 5.41) is 4.82. The smallest absolute Gasteiger partial charge is 0.372 e. The molecule has 0 bridgehead atoms. The minimum atomic E-state index is -4.50. The summed E-state index contributed by atoms with van der Waals surface area (Å²) in [5.41, 5.74) is -0.917. The second-order valence-corrected chi connectivity index (χ2v) is 4.32. The average molecular weight is 295 g/mol. The van der Waals surface area contributed by atoms with Crippen molar-refractivity contribution in [1.29, 1.82) is 0 Å². The van der Waals surface area contributed by atoms with Crippen LogP contribution in [0.25, 0.3) is 0 Å². The van der Waals surface area contributed by atoms with Crippen LogP contribution in [0.3, 0.4) is 0 Å². The molecule has 106 valence electrons.